The Hall–Kier alpha value is -2.69. The van der Waals surface area contributed by atoms with Crippen molar-refractivity contribution >= 4 is 18.2 Å². The summed E-state index contributed by atoms with van der Waals surface area (Å²) in [5.74, 6) is 0. The van der Waals surface area contributed by atoms with E-state index in [0.717, 1.165) is 17.8 Å². The zero-order valence-corrected chi connectivity index (χ0v) is 11.8. The van der Waals surface area contributed by atoms with Gasteiger partial charge in [-0.2, -0.15) is 5.10 Å². The molecule has 0 saturated heterocycles. The van der Waals surface area contributed by atoms with E-state index >= 15 is 0 Å². The number of aliphatic imine (C=N–C) groups is 1. The second-order valence-electron chi connectivity index (χ2n) is 4.93. The first-order chi connectivity index (χ1) is 10.3. The Labute approximate surface area is 124 Å². The van der Waals surface area contributed by atoms with Crippen LogP contribution in [0.15, 0.2) is 58.9 Å². The highest BCUT2D eigenvalue weighted by Crippen LogP contribution is 2.23. The lowest BCUT2D eigenvalue weighted by atomic mass is 10.1. The number of hydrogen-bond donors (Lipinski definition) is 1. The molecule has 1 aromatic heterocycles. The first-order valence-electron chi connectivity index (χ1n) is 6.84. The van der Waals surface area contributed by atoms with E-state index in [4.69, 9.17) is 0 Å². The molecule has 0 radical (unpaired) electrons. The first kappa shape index (κ1) is 13.3. The minimum atomic E-state index is 0.347. The predicted molar refractivity (Wildman–Crippen MR) is 85.8 cm³/mol. The van der Waals surface area contributed by atoms with Crippen LogP contribution in [-0.2, 0) is 0 Å². The maximum Gasteiger partial charge on any atom is 0.0854 e. The Balaban J connectivity index is 1.61. The number of pyridine rings is 1. The van der Waals surface area contributed by atoms with Gasteiger partial charge in [0, 0.05) is 19.4 Å². The predicted octanol–water partition coefficient (Wildman–Crippen LogP) is 2.54. The first-order valence-corrected chi connectivity index (χ1v) is 6.84. The van der Waals surface area contributed by atoms with Crippen molar-refractivity contribution < 1.29 is 0 Å². The lowest BCUT2D eigenvalue weighted by molar-refractivity contribution is 0.426. The number of anilines is 1. The largest absolute Gasteiger partial charge is 0.357 e. The van der Waals surface area contributed by atoms with Gasteiger partial charge in [0.15, 0.2) is 0 Å². The molecule has 1 aromatic carbocycles. The van der Waals surface area contributed by atoms with E-state index in [0.29, 0.717) is 6.04 Å². The Morgan fingerprint density at radius 1 is 1.19 bits per heavy atom. The van der Waals surface area contributed by atoms with Crippen molar-refractivity contribution in [2.45, 2.75) is 6.04 Å². The highest BCUT2D eigenvalue weighted by atomic mass is 15.3. The van der Waals surface area contributed by atoms with Gasteiger partial charge in [0.25, 0.3) is 0 Å². The monoisotopic (exact) mass is 279 g/mol. The van der Waals surface area contributed by atoms with Crippen LogP contribution in [0.25, 0.3) is 0 Å². The van der Waals surface area contributed by atoms with Crippen LogP contribution >= 0.6 is 0 Å². The highest BCUT2D eigenvalue weighted by Gasteiger charge is 2.18. The molecule has 0 aliphatic carbocycles. The molecule has 1 aliphatic heterocycles. The Kier molecular flexibility index (Phi) is 3.91. The van der Waals surface area contributed by atoms with Crippen molar-refractivity contribution in [2.75, 3.05) is 19.0 Å². The summed E-state index contributed by atoms with van der Waals surface area (Å²) in [5.41, 5.74) is 6.27. The molecule has 1 atom stereocenters. The van der Waals surface area contributed by atoms with Crippen LogP contribution in [0.5, 0.6) is 0 Å². The third-order valence-corrected chi connectivity index (χ3v) is 3.44. The maximum atomic E-state index is 4.28. The molecule has 0 spiro atoms. The van der Waals surface area contributed by atoms with E-state index < -0.39 is 0 Å². The molecule has 5 nitrogen and oxygen atoms in total. The Morgan fingerprint density at radius 3 is 2.62 bits per heavy atom. The van der Waals surface area contributed by atoms with E-state index in [2.05, 4.69) is 37.5 Å². The second-order valence-corrected chi connectivity index (χ2v) is 4.93. The van der Waals surface area contributed by atoms with Crippen molar-refractivity contribution in [3.63, 3.8) is 0 Å². The van der Waals surface area contributed by atoms with Crippen molar-refractivity contribution in [3.05, 3.63) is 59.9 Å². The van der Waals surface area contributed by atoms with Gasteiger partial charge in [0.05, 0.1) is 30.8 Å². The molecule has 0 amide bonds. The summed E-state index contributed by atoms with van der Waals surface area (Å²) >= 11 is 0. The number of nitrogens with one attached hydrogen (secondary N) is 1. The lowest BCUT2D eigenvalue weighted by Crippen LogP contribution is -2.19. The van der Waals surface area contributed by atoms with Crippen LogP contribution < -0.4 is 5.43 Å². The quantitative estimate of drug-likeness (QED) is 0.691. The third kappa shape index (κ3) is 3.25. The molecule has 106 valence electrons. The summed E-state index contributed by atoms with van der Waals surface area (Å²) in [7, 11) is 2.05. The van der Waals surface area contributed by atoms with Gasteiger partial charge in [-0.3, -0.25) is 15.4 Å². The number of benzene rings is 1. The van der Waals surface area contributed by atoms with Crippen LogP contribution in [-0.4, -0.2) is 36.0 Å². The zero-order valence-electron chi connectivity index (χ0n) is 11.8. The molecule has 1 unspecified atom stereocenters. The van der Waals surface area contributed by atoms with Gasteiger partial charge < -0.3 is 4.90 Å². The molecule has 0 bridgehead atoms. The molecular formula is C16H17N5. The lowest BCUT2D eigenvalue weighted by Gasteiger charge is -2.19. The summed E-state index contributed by atoms with van der Waals surface area (Å²) < 4.78 is 0. The number of hydrazone groups is 1. The van der Waals surface area contributed by atoms with Crippen LogP contribution in [0, 0.1) is 0 Å². The SMILES string of the molecule is CN1C=NCC1c1ccc(N/N=C/c2ccncc2)cc1. The maximum absolute atomic E-state index is 4.28. The standard InChI is InChI=1S/C16H17N5/c1-21-12-18-11-16(21)14-2-4-15(5-3-14)20-19-10-13-6-8-17-9-7-13/h2-10,12,16,20H,11H2,1H3/b19-10+. The van der Waals surface area contributed by atoms with E-state index in [1.54, 1.807) is 18.6 Å². The molecule has 1 N–H and O–H groups in total. The third-order valence-electron chi connectivity index (χ3n) is 3.44. The van der Waals surface area contributed by atoms with Crippen LogP contribution in [0.4, 0.5) is 5.69 Å². The summed E-state index contributed by atoms with van der Waals surface area (Å²) in [6.45, 7) is 0.823. The molecular weight excluding hydrogens is 262 g/mol. The highest BCUT2D eigenvalue weighted by molar-refractivity contribution is 5.79. The molecule has 2 aromatic rings. The fraction of sp³-hybridized carbons (Fsp3) is 0.188. The fourth-order valence-corrected chi connectivity index (χ4v) is 2.24. The van der Waals surface area contributed by atoms with E-state index in [1.165, 1.54) is 5.56 Å². The van der Waals surface area contributed by atoms with Crippen molar-refractivity contribution in [2.24, 2.45) is 10.1 Å². The van der Waals surface area contributed by atoms with Crippen molar-refractivity contribution in [1.82, 2.24) is 9.88 Å². The summed E-state index contributed by atoms with van der Waals surface area (Å²) in [5, 5.41) is 4.22. The van der Waals surface area contributed by atoms with Crippen LogP contribution in [0.3, 0.4) is 0 Å². The molecule has 3 rings (SSSR count). The average Bonchev–Trinajstić information content (AvgIpc) is 2.95. The van der Waals surface area contributed by atoms with Crippen LogP contribution in [0.2, 0.25) is 0 Å². The summed E-state index contributed by atoms with van der Waals surface area (Å²) in [4.78, 5) is 10.4. The van der Waals surface area contributed by atoms with Gasteiger partial charge in [0.1, 0.15) is 0 Å². The van der Waals surface area contributed by atoms with Gasteiger partial charge in [0.2, 0.25) is 0 Å². The fourth-order valence-electron chi connectivity index (χ4n) is 2.24. The normalized spacial score (nSPS) is 17.6. The van der Waals surface area contributed by atoms with E-state index in [-0.39, 0.29) is 0 Å². The Bertz CT molecular complexity index is 633. The van der Waals surface area contributed by atoms with E-state index in [9.17, 15) is 0 Å². The number of likely N-dealkylation sites (N-methyl/N-ethyl adjacent to an activating group) is 1. The number of aromatic nitrogens is 1. The van der Waals surface area contributed by atoms with Crippen molar-refractivity contribution in [1.29, 1.82) is 0 Å². The van der Waals surface area contributed by atoms with Crippen molar-refractivity contribution in [3.8, 4) is 0 Å². The van der Waals surface area contributed by atoms with Gasteiger partial charge in [-0.05, 0) is 35.4 Å². The molecule has 0 fully saturated rings. The topological polar surface area (TPSA) is 52.9 Å². The minimum absolute atomic E-state index is 0.347. The average molecular weight is 279 g/mol. The van der Waals surface area contributed by atoms with Gasteiger partial charge in [-0.1, -0.05) is 12.1 Å². The molecule has 5 heteroatoms. The Morgan fingerprint density at radius 2 is 1.95 bits per heavy atom. The number of nitrogens with zero attached hydrogens (tertiary/aromatic N) is 4. The van der Waals surface area contributed by atoms with Crippen LogP contribution in [0.1, 0.15) is 17.2 Å². The zero-order chi connectivity index (χ0) is 14.5. The summed E-state index contributed by atoms with van der Waals surface area (Å²) in [6.07, 6.45) is 7.15. The molecule has 21 heavy (non-hydrogen) atoms. The summed E-state index contributed by atoms with van der Waals surface area (Å²) in [6, 6.07) is 12.4. The minimum Gasteiger partial charge on any atom is -0.357 e. The van der Waals surface area contributed by atoms with Gasteiger partial charge in [-0.25, -0.2) is 0 Å². The smallest absolute Gasteiger partial charge is 0.0854 e. The van der Waals surface area contributed by atoms with E-state index in [1.807, 2.05) is 37.7 Å². The van der Waals surface area contributed by atoms with Gasteiger partial charge in [-0.15, -0.1) is 0 Å². The number of hydrogen-bond acceptors (Lipinski definition) is 5. The molecule has 0 saturated carbocycles. The van der Waals surface area contributed by atoms with Gasteiger partial charge >= 0.3 is 0 Å². The molecule has 2 heterocycles. The molecule has 1 aliphatic rings. The number of rotatable bonds is 4. The second kappa shape index (κ2) is 6.17.